The van der Waals surface area contributed by atoms with Crippen LogP contribution in [0, 0.1) is 11.3 Å². The number of carbonyl (C=O) groups excluding carboxylic acids is 1. The van der Waals surface area contributed by atoms with Crippen LogP contribution in [0.4, 0.5) is 5.69 Å². The maximum Gasteiger partial charge on any atom is 0.252 e. The van der Waals surface area contributed by atoms with E-state index in [0.717, 1.165) is 37.2 Å². The fourth-order valence-electron chi connectivity index (χ4n) is 2.74. The normalized spacial score (nSPS) is 15.2. The second-order valence-electron chi connectivity index (χ2n) is 5.52. The van der Waals surface area contributed by atoms with E-state index in [2.05, 4.69) is 16.3 Å². The SMILES string of the molecule is N#Cc1ccc(N2CCC(NC(=O)c3ccsc3)CC2)cc1Cl. The maximum absolute atomic E-state index is 12.1. The van der Waals surface area contributed by atoms with Gasteiger partial charge in [0.05, 0.1) is 10.6 Å². The lowest BCUT2D eigenvalue weighted by Crippen LogP contribution is -2.44. The van der Waals surface area contributed by atoms with E-state index < -0.39 is 0 Å². The predicted molar refractivity (Wildman–Crippen MR) is 93.2 cm³/mol. The minimum absolute atomic E-state index is 0.00566. The fraction of sp³-hybridized carbons (Fsp3) is 0.294. The summed E-state index contributed by atoms with van der Waals surface area (Å²) in [5.74, 6) is 0.00566. The molecule has 1 aliphatic rings. The number of nitrogens with one attached hydrogen (secondary N) is 1. The molecule has 2 heterocycles. The number of nitrogens with zero attached hydrogens (tertiary/aromatic N) is 2. The van der Waals surface area contributed by atoms with E-state index in [1.54, 1.807) is 6.07 Å². The molecule has 1 amide bonds. The van der Waals surface area contributed by atoms with Crippen LogP contribution in [-0.2, 0) is 0 Å². The zero-order valence-corrected chi connectivity index (χ0v) is 14.0. The molecule has 118 valence electrons. The van der Waals surface area contributed by atoms with Gasteiger partial charge in [-0.2, -0.15) is 16.6 Å². The van der Waals surface area contributed by atoms with Gasteiger partial charge in [-0.25, -0.2) is 0 Å². The van der Waals surface area contributed by atoms with Gasteiger partial charge in [-0.1, -0.05) is 11.6 Å². The Morgan fingerprint density at radius 1 is 1.35 bits per heavy atom. The molecule has 0 radical (unpaired) electrons. The summed E-state index contributed by atoms with van der Waals surface area (Å²) in [6, 6.07) is 9.63. The highest BCUT2D eigenvalue weighted by Crippen LogP contribution is 2.26. The molecule has 1 aromatic carbocycles. The lowest BCUT2D eigenvalue weighted by atomic mass is 10.0. The third-order valence-electron chi connectivity index (χ3n) is 4.05. The Morgan fingerprint density at radius 3 is 2.74 bits per heavy atom. The van der Waals surface area contributed by atoms with Crippen LogP contribution >= 0.6 is 22.9 Å². The maximum atomic E-state index is 12.1. The van der Waals surface area contributed by atoms with E-state index in [1.807, 2.05) is 29.0 Å². The van der Waals surface area contributed by atoms with Crippen LogP contribution in [0.2, 0.25) is 5.02 Å². The van der Waals surface area contributed by atoms with Crippen LogP contribution in [-0.4, -0.2) is 25.0 Å². The van der Waals surface area contributed by atoms with Crippen LogP contribution in [0.1, 0.15) is 28.8 Å². The highest BCUT2D eigenvalue weighted by atomic mass is 35.5. The largest absolute Gasteiger partial charge is 0.371 e. The van der Waals surface area contributed by atoms with E-state index in [9.17, 15) is 4.79 Å². The first-order valence-corrected chi connectivity index (χ1v) is 8.77. The summed E-state index contributed by atoms with van der Waals surface area (Å²) in [5.41, 5.74) is 2.25. The minimum Gasteiger partial charge on any atom is -0.371 e. The Kier molecular flexibility index (Phi) is 4.85. The summed E-state index contributed by atoms with van der Waals surface area (Å²) in [5, 5.41) is 16.3. The molecule has 1 N–H and O–H groups in total. The van der Waals surface area contributed by atoms with Crippen LogP contribution in [0.5, 0.6) is 0 Å². The van der Waals surface area contributed by atoms with Crippen molar-refractivity contribution in [1.82, 2.24) is 5.32 Å². The van der Waals surface area contributed by atoms with Crippen molar-refractivity contribution in [3.8, 4) is 6.07 Å². The molecule has 0 bridgehead atoms. The molecule has 6 heteroatoms. The molecule has 0 saturated carbocycles. The molecule has 0 aliphatic carbocycles. The number of piperidine rings is 1. The third-order valence-corrected chi connectivity index (χ3v) is 5.05. The molecule has 23 heavy (non-hydrogen) atoms. The van der Waals surface area contributed by atoms with Crippen molar-refractivity contribution in [2.24, 2.45) is 0 Å². The van der Waals surface area contributed by atoms with E-state index in [4.69, 9.17) is 16.9 Å². The summed E-state index contributed by atoms with van der Waals surface area (Å²) in [4.78, 5) is 14.3. The van der Waals surface area contributed by atoms with Crippen molar-refractivity contribution < 1.29 is 4.79 Å². The molecule has 1 fully saturated rings. The fourth-order valence-corrected chi connectivity index (χ4v) is 3.59. The number of thiophene rings is 1. The highest BCUT2D eigenvalue weighted by molar-refractivity contribution is 7.08. The zero-order chi connectivity index (χ0) is 16.2. The number of anilines is 1. The van der Waals surface area contributed by atoms with Gasteiger partial charge in [-0.15, -0.1) is 0 Å². The van der Waals surface area contributed by atoms with Crippen LogP contribution in [0.25, 0.3) is 0 Å². The molecule has 4 nitrogen and oxygen atoms in total. The monoisotopic (exact) mass is 345 g/mol. The number of hydrogen-bond acceptors (Lipinski definition) is 4. The Hall–Kier alpha value is -2.03. The standard InChI is InChI=1S/C17H16ClN3OS/c18-16-9-15(2-1-12(16)10-19)21-6-3-14(4-7-21)20-17(22)13-5-8-23-11-13/h1-2,5,8-9,11,14H,3-4,6-7H2,(H,20,22). The van der Waals surface area contributed by atoms with Gasteiger partial charge in [-0.3, -0.25) is 4.79 Å². The predicted octanol–water partition coefficient (Wildman–Crippen LogP) is 3.67. The van der Waals surface area contributed by atoms with Gasteiger partial charge >= 0.3 is 0 Å². The van der Waals surface area contributed by atoms with Gasteiger partial charge in [0, 0.05) is 35.8 Å². The highest BCUT2D eigenvalue weighted by Gasteiger charge is 2.21. The summed E-state index contributed by atoms with van der Waals surface area (Å²) >= 11 is 7.63. The summed E-state index contributed by atoms with van der Waals surface area (Å²) in [7, 11) is 0. The average molecular weight is 346 g/mol. The zero-order valence-electron chi connectivity index (χ0n) is 12.5. The van der Waals surface area contributed by atoms with Crippen molar-refractivity contribution >= 4 is 34.5 Å². The van der Waals surface area contributed by atoms with Gasteiger partial charge in [0.25, 0.3) is 5.91 Å². The molecule has 3 rings (SSSR count). The molecule has 0 spiro atoms. The van der Waals surface area contributed by atoms with E-state index in [0.29, 0.717) is 10.6 Å². The molecular weight excluding hydrogens is 330 g/mol. The van der Waals surface area contributed by atoms with Crippen LogP contribution < -0.4 is 10.2 Å². The Morgan fingerprint density at radius 2 is 2.13 bits per heavy atom. The summed E-state index contributed by atoms with van der Waals surface area (Å²) in [6.45, 7) is 1.72. The first-order valence-electron chi connectivity index (χ1n) is 7.45. The Bertz CT molecular complexity index is 731. The molecule has 0 atom stereocenters. The summed E-state index contributed by atoms with van der Waals surface area (Å²) in [6.07, 6.45) is 1.79. The molecule has 1 saturated heterocycles. The number of hydrogen-bond donors (Lipinski definition) is 1. The van der Waals surface area contributed by atoms with Crippen molar-refractivity contribution in [2.75, 3.05) is 18.0 Å². The second-order valence-corrected chi connectivity index (χ2v) is 6.71. The first kappa shape index (κ1) is 15.9. The van der Waals surface area contributed by atoms with Crippen LogP contribution in [0.3, 0.4) is 0 Å². The quantitative estimate of drug-likeness (QED) is 0.923. The van der Waals surface area contributed by atoms with Crippen molar-refractivity contribution in [3.63, 3.8) is 0 Å². The Labute approximate surface area is 144 Å². The number of rotatable bonds is 3. The number of nitriles is 1. The molecule has 1 aromatic heterocycles. The van der Waals surface area contributed by atoms with Crippen molar-refractivity contribution in [3.05, 3.63) is 51.2 Å². The van der Waals surface area contributed by atoms with E-state index >= 15 is 0 Å². The van der Waals surface area contributed by atoms with Crippen molar-refractivity contribution in [1.29, 1.82) is 5.26 Å². The molecule has 0 unspecified atom stereocenters. The van der Waals surface area contributed by atoms with Crippen LogP contribution in [0.15, 0.2) is 35.0 Å². The molecule has 2 aromatic rings. The number of carbonyl (C=O) groups is 1. The average Bonchev–Trinajstić information content (AvgIpc) is 3.10. The number of amides is 1. The Balaban J connectivity index is 1.57. The molecular formula is C17H16ClN3OS. The van der Waals surface area contributed by atoms with E-state index in [1.165, 1.54) is 11.3 Å². The van der Waals surface area contributed by atoms with Gasteiger partial charge in [0.1, 0.15) is 6.07 Å². The third kappa shape index (κ3) is 3.66. The van der Waals surface area contributed by atoms with Gasteiger partial charge < -0.3 is 10.2 Å². The lowest BCUT2D eigenvalue weighted by Gasteiger charge is -2.34. The lowest BCUT2D eigenvalue weighted by molar-refractivity contribution is 0.0931. The summed E-state index contributed by atoms with van der Waals surface area (Å²) < 4.78 is 0. The van der Waals surface area contributed by atoms with Gasteiger partial charge in [0.2, 0.25) is 0 Å². The topological polar surface area (TPSA) is 56.1 Å². The first-order chi connectivity index (χ1) is 11.2. The number of benzene rings is 1. The van der Waals surface area contributed by atoms with E-state index in [-0.39, 0.29) is 11.9 Å². The van der Waals surface area contributed by atoms with Gasteiger partial charge in [0.15, 0.2) is 0 Å². The second kappa shape index (κ2) is 7.03. The van der Waals surface area contributed by atoms with Gasteiger partial charge in [-0.05, 0) is 42.5 Å². The smallest absolute Gasteiger partial charge is 0.252 e. The molecule has 1 aliphatic heterocycles. The minimum atomic E-state index is 0.00566. The number of halogens is 1. The van der Waals surface area contributed by atoms with Crippen molar-refractivity contribution in [2.45, 2.75) is 18.9 Å².